The van der Waals surface area contributed by atoms with Crippen LogP contribution in [0, 0.1) is 5.92 Å². The van der Waals surface area contributed by atoms with Crippen molar-refractivity contribution in [2.75, 3.05) is 38.7 Å². The molecule has 1 aromatic rings. The number of hydrogen-bond donors (Lipinski definition) is 2. The number of nitrogens with one attached hydrogen (secondary N) is 1. The molecule has 0 saturated carbocycles. The molecule has 0 aliphatic carbocycles. The molecule has 0 aromatic heterocycles. The number of likely N-dealkylation sites (N-methyl/N-ethyl adjacent to an activating group) is 1. The quantitative estimate of drug-likeness (QED) is 0.337. The minimum absolute atomic E-state index is 0.00692. The summed E-state index contributed by atoms with van der Waals surface area (Å²) in [6, 6.07) is 3.46. The summed E-state index contributed by atoms with van der Waals surface area (Å²) in [7, 11) is 1.39. The molecule has 1 aliphatic rings. The van der Waals surface area contributed by atoms with Gasteiger partial charge in [-0.3, -0.25) is 14.4 Å². The van der Waals surface area contributed by atoms with Crippen LogP contribution in [0.2, 0.25) is 0 Å². The van der Waals surface area contributed by atoms with Crippen molar-refractivity contribution in [1.82, 2.24) is 9.80 Å². The predicted molar refractivity (Wildman–Crippen MR) is 154 cm³/mol. The molecule has 2 rings (SSSR count). The topological polar surface area (TPSA) is 108 Å². The maximum absolute atomic E-state index is 14.0. The lowest BCUT2D eigenvalue weighted by atomic mass is 10.0. The van der Waals surface area contributed by atoms with E-state index in [0.717, 1.165) is 0 Å². The van der Waals surface area contributed by atoms with Crippen LogP contribution in [-0.2, 0) is 14.3 Å². The standard InChI is InChI=1S/C30H43F6N3O6/c1-19-16-39(20(2)18-40)28(43)23-15-22(37-26(41)10-12-29(31,32)33)8-9-24(23)45-21(3)7-5-6-14-44-25(19)17-38(4)27(42)11-13-30(34,35)36/h8-9,15,19-21,25,40H,5-7,10-14,16-18H2,1-4H3,(H,37,41)/t19-,20+,21+,25+/m0/s1. The Balaban J connectivity index is 2.39. The first-order chi connectivity index (χ1) is 20.9. The van der Waals surface area contributed by atoms with Crippen LogP contribution in [0.1, 0.15) is 76.1 Å². The molecule has 1 aromatic carbocycles. The Morgan fingerprint density at radius 1 is 1.09 bits per heavy atom. The van der Waals surface area contributed by atoms with Crippen LogP contribution in [0.25, 0.3) is 0 Å². The second-order valence-corrected chi connectivity index (χ2v) is 11.6. The number of fused-ring (bicyclic) bond motifs is 1. The van der Waals surface area contributed by atoms with Gasteiger partial charge in [0.2, 0.25) is 11.8 Å². The molecule has 256 valence electrons. The van der Waals surface area contributed by atoms with E-state index in [1.165, 1.54) is 35.0 Å². The monoisotopic (exact) mass is 655 g/mol. The Morgan fingerprint density at radius 3 is 2.36 bits per heavy atom. The van der Waals surface area contributed by atoms with Gasteiger partial charge in [-0.2, -0.15) is 26.3 Å². The van der Waals surface area contributed by atoms with Crippen LogP contribution in [-0.4, -0.2) is 96.6 Å². The van der Waals surface area contributed by atoms with Crippen LogP contribution in [0.3, 0.4) is 0 Å². The minimum Gasteiger partial charge on any atom is -0.490 e. The second-order valence-electron chi connectivity index (χ2n) is 11.6. The highest BCUT2D eigenvalue weighted by Gasteiger charge is 2.33. The van der Waals surface area contributed by atoms with Crippen LogP contribution in [0.15, 0.2) is 18.2 Å². The molecule has 0 spiro atoms. The third-order valence-electron chi connectivity index (χ3n) is 7.47. The third kappa shape index (κ3) is 13.4. The van der Waals surface area contributed by atoms with Gasteiger partial charge in [0.25, 0.3) is 5.91 Å². The zero-order chi connectivity index (χ0) is 33.9. The Morgan fingerprint density at radius 2 is 1.73 bits per heavy atom. The van der Waals surface area contributed by atoms with Gasteiger partial charge < -0.3 is 29.7 Å². The number of rotatable bonds is 9. The van der Waals surface area contributed by atoms with Gasteiger partial charge in [0.1, 0.15) is 5.75 Å². The van der Waals surface area contributed by atoms with Crippen molar-refractivity contribution < 1.29 is 55.3 Å². The predicted octanol–water partition coefficient (Wildman–Crippen LogP) is 5.56. The fraction of sp³-hybridized carbons (Fsp3) is 0.700. The number of alkyl halides is 6. The van der Waals surface area contributed by atoms with Gasteiger partial charge in [-0.15, -0.1) is 0 Å². The molecule has 0 fully saturated rings. The average Bonchev–Trinajstić information content (AvgIpc) is 2.95. The third-order valence-corrected chi connectivity index (χ3v) is 7.47. The van der Waals surface area contributed by atoms with Gasteiger partial charge in [-0.1, -0.05) is 6.92 Å². The van der Waals surface area contributed by atoms with E-state index in [4.69, 9.17) is 9.47 Å². The van der Waals surface area contributed by atoms with Crippen molar-refractivity contribution in [3.63, 3.8) is 0 Å². The first-order valence-corrected chi connectivity index (χ1v) is 14.9. The molecule has 0 unspecified atom stereocenters. The van der Waals surface area contributed by atoms with E-state index >= 15 is 0 Å². The summed E-state index contributed by atoms with van der Waals surface area (Å²) in [5.74, 6) is -2.47. The smallest absolute Gasteiger partial charge is 0.389 e. The Kier molecular flexibility index (Phi) is 14.4. The Hall–Kier alpha value is -3.07. The molecule has 0 radical (unpaired) electrons. The molecule has 0 saturated heterocycles. The molecule has 45 heavy (non-hydrogen) atoms. The number of carbonyl (C=O) groups excluding carboxylic acids is 3. The van der Waals surface area contributed by atoms with Crippen molar-refractivity contribution in [3.8, 4) is 5.75 Å². The van der Waals surface area contributed by atoms with Gasteiger partial charge >= 0.3 is 12.4 Å². The number of hydrogen-bond acceptors (Lipinski definition) is 6. The average molecular weight is 656 g/mol. The summed E-state index contributed by atoms with van der Waals surface area (Å²) in [5.41, 5.74) is 0.0912. The Labute approximate surface area is 259 Å². The molecular formula is C30H43F6N3O6. The summed E-state index contributed by atoms with van der Waals surface area (Å²) < 4.78 is 88.0. The first kappa shape index (κ1) is 38.1. The highest BCUT2D eigenvalue weighted by atomic mass is 19.4. The van der Waals surface area contributed by atoms with E-state index in [2.05, 4.69) is 5.32 Å². The number of amides is 3. The number of aliphatic hydroxyl groups is 1. The van der Waals surface area contributed by atoms with E-state index in [-0.39, 0.29) is 36.2 Å². The SMILES string of the molecule is C[C@@H]1CCCCO[C@H](CN(C)C(=O)CCC(F)(F)F)[C@@H](C)CN([C@H](C)CO)C(=O)c2cc(NC(=O)CCC(F)(F)F)ccc2O1. The van der Waals surface area contributed by atoms with E-state index in [1.54, 1.807) is 20.8 Å². The van der Waals surface area contributed by atoms with Crippen molar-refractivity contribution in [2.24, 2.45) is 5.92 Å². The Bertz CT molecular complexity index is 1130. The number of benzene rings is 1. The highest BCUT2D eigenvalue weighted by molar-refractivity contribution is 5.99. The maximum Gasteiger partial charge on any atom is 0.389 e. The highest BCUT2D eigenvalue weighted by Crippen LogP contribution is 2.29. The van der Waals surface area contributed by atoms with Crippen molar-refractivity contribution in [1.29, 1.82) is 0 Å². The number of carbonyl (C=O) groups is 3. The lowest BCUT2D eigenvalue weighted by Gasteiger charge is -2.36. The second kappa shape index (κ2) is 17.0. The summed E-state index contributed by atoms with van der Waals surface area (Å²) >= 11 is 0. The first-order valence-electron chi connectivity index (χ1n) is 14.9. The van der Waals surface area contributed by atoms with Crippen molar-refractivity contribution in [3.05, 3.63) is 23.8 Å². The van der Waals surface area contributed by atoms with Gasteiger partial charge in [-0.25, -0.2) is 0 Å². The number of ether oxygens (including phenoxy) is 2. The molecule has 9 nitrogen and oxygen atoms in total. The molecule has 3 amide bonds. The summed E-state index contributed by atoms with van der Waals surface area (Å²) in [4.78, 5) is 41.2. The number of aliphatic hydroxyl groups excluding tert-OH is 1. The molecule has 0 bridgehead atoms. The number of anilines is 1. The van der Waals surface area contributed by atoms with Crippen molar-refractivity contribution >= 4 is 23.4 Å². The number of halogens is 6. The van der Waals surface area contributed by atoms with Gasteiger partial charge in [0, 0.05) is 51.2 Å². The van der Waals surface area contributed by atoms with Gasteiger partial charge in [-0.05, 0) is 51.3 Å². The molecule has 4 atom stereocenters. The van der Waals surface area contributed by atoms with Crippen LogP contribution in [0.4, 0.5) is 32.0 Å². The summed E-state index contributed by atoms with van der Waals surface area (Å²) in [5, 5.41) is 12.4. The van der Waals surface area contributed by atoms with Crippen LogP contribution < -0.4 is 10.1 Å². The van der Waals surface area contributed by atoms with Gasteiger partial charge in [0.15, 0.2) is 0 Å². The zero-order valence-corrected chi connectivity index (χ0v) is 26.0. The van der Waals surface area contributed by atoms with E-state index in [1.807, 2.05) is 0 Å². The van der Waals surface area contributed by atoms with Crippen LogP contribution in [0.5, 0.6) is 5.75 Å². The minimum atomic E-state index is -4.51. The normalized spacial score (nSPS) is 21.3. The molecule has 1 aliphatic heterocycles. The molecule has 2 N–H and O–H groups in total. The largest absolute Gasteiger partial charge is 0.490 e. The fourth-order valence-electron chi connectivity index (χ4n) is 4.75. The lowest BCUT2D eigenvalue weighted by Crippen LogP contribution is -2.48. The lowest BCUT2D eigenvalue weighted by molar-refractivity contribution is -0.149. The molecule has 15 heteroatoms. The van der Waals surface area contributed by atoms with E-state index in [9.17, 15) is 45.8 Å². The van der Waals surface area contributed by atoms with Crippen LogP contribution >= 0.6 is 0 Å². The number of nitrogens with zero attached hydrogens (tertiary/aromatic N) is 2. The maximum atomic E-state index is 14.0. The summed E-state index contributed by atoms with van der Waals surface area (Å²) in [6.45, 7) is 5.00. The zero-order valence-electron chi connectivity index (χ0n) is 26.0. The molecular weight excluding hydrogens is 612 g/mol. The van der Waals surface area contributed by atoms with E-state index in [0.29, 0.717) is 25.9 Å². The fourth-order valence-corrected chi connectivity index (χ4v) is 4.75. The van der Waals surface area contributed by atoms with Gasteiger partial charge in [0.05, 0.1) is 43.3 Å². The van der Waals surface area contributed by atoms with Crippen molar-refractivity contribution in [2.45, 2.75) is 96.3 Å². The van der Waals surface area contributed by atoms with E-state index < -0.39 is 80.4 Å². The summed E-state index contributed by atoms with van der Waals surface area (Å²) in [6.07, 6.45) is -12.2. The molecule has 1 heterocycles.